The molecule has 6 nitrogen and oxygen atoms in total. The highest BCUT2D eigenvalue weighted by molar-refractivity contribution is 5.88. The van der Waals surface area contributed by atoms with Gasteiger partial charge in [-0.05, 0) is 32.9 Å². The van der Waals surface area contributed by atoms with Crippen molar-refractivity contribution in [2.24, 2.45) is 0 Å². The second kappa shape index (κ2) is 5.50. The Labute approximate surface area is 117 Å². The molecule has 0 bridgehead atoms. The molecule has 1 aromatic heterocycles. The van der Waals surface area contributed by atoms with Crippen LogP contribution in [0.1, 0.15) is 20.8 Å². The number of nitrogens with one attached hydrogen (secondary N) is 1. The number of rotatable bonds is 3. The van der Waals surface area contributed by atoms with Gasteiger partial charge in [-0.15, -0.1) is 0 Å². The molecule has 20 heavy (non-hydrogen) atoms. The Morgan fingerprint density at radius 2 is 2.10 bits per heavy atom. The molecule has 0 aliphatic heterocycles. The number of ether oxygens (including phenoxy) is 1. The summed E-state index contributed by atoms with van der Waals surface area (Å²) in [6.45, 7) is 5.33. The number of anilines is 1. The van der Waals surface area contributed by atoms with Crippen molar-refractivity contribution in [3.8, 4) is 0 Å². The van der Waals surface area contributed by atoms with Gasteiger partial charge in [0.15, 0.2) is 0 Å². The summed E-state index contributed by atoms with van der Waals surface area (Å²) in [7, 11) is 0. The number of carbonyl (C=O) groups excluding carboxylic acids is 1. The topological polar surface area (TPSA) is 78.4 Å². The molecule has 1 heterocycles. The number of fused-ring (bicyclic) bond motifs is 1. The lowest BCUT2D eigenvalue weighted by Gasteiger charge is -2.25. The fourth-order valence-corrected chi connectivity index (χ4v) is 1.77. The lowest BCUT2D eigenvalue weighted by molar-refractivity contribution is 0.0571. The van der Waals surface area contributed by atoms with Gasteiger partial charge < -0.3 is 14.8 Å². The summed E-state index contributed by atoms with van der Waals surface area (Å²) in [4.78, 5) is 20.8. The van der Waals surface area contributed by atoms with Crippen LogP contribution in [0.5, 0.6) is 0 Å². The highest BCUT2D eigenvalue weighted by Gasteiger charge is 2.25. The van der Waals surface area contributed by atoms with Crippen molar-refractivity contribution >= 4 is 23.1 Å². The van der Waals surface area contributed by atoms with Crippen LogP contribution in [-0.2, 0) is 4.74 Å². The summed E-state index contributed by atoms with van der Waals surface area (Å²) in [6.07, 6.45) is -0.536. The number of hydrogen-bond acceptors (Lipinski definition) is 4. The predicted octanol–water partition coefficient (Wildman–Crippen LogP) is 2.30. The Hall–Kier alpha value is -2.08. The average molecular weight is 277 g/mol. The Balaban J connectivity index is 2.30. The van der Waals surface area contributed by atoms with E-state index in [1.54, 1.807) is 20.8 Å². The van der Waals surface area contributed by atoms with E-state index in [0.29, 0.717) is 5.95 Å². The molecular formula is C14H19N3O3. The standard InChI is InChI=1S/C14H19N3O3/c1-14(2,3)20-13(19)17(8-9-18)12-15-10-6-4-5-7-11(10)16-12/h4-7,18H,8-9H2,1-3H3,(H,15,16). The minimum atomic E-state index is -0.600. The molecule has 6 heteroatoms. The second-order valence-electron chi connectivity index (χ2n) is 5.43. The molecule has 2 rings (SSSR count). The first-order valence-corrected chi connectivity index (χ1v) is 6.47. The molecule has 1 aromatic carbocycles. The zero-order chi connectivity index (χ0) is 14.8. The van der Waals surface area contributed by atoms with Crippen molar-refractivity contribution in [1.82, 2.24) is 9.97 Å². The van der Waals surface area contributed by atoms with Crippen molar-refractivity contribution in [3.63, 3.8) is 0 Å². The number of aromatic nitrogens is 2. The molecule has 0 aliphatic rings. The van der Waals surface area contributed by atoms with Crippen LogP contribution in [0.4, 0.5) is 10.7 Å². The van der Waals surface area contributed by atoms with Crippen LogP contribution in [0.25, 0.3) is 11.0 Å². The number of aliphatic hydroxyl groups is 1. The first-order chi connectivity index (χ1) is 9.40. The Bertz CT molecular complexity index is 568. The third-order valence-electron chi connectivity index (χ3n) is 2.57. The van der Waals surface area contributed by atoms with Crippen LogP contribution >= 0.6 is 0 Å². The molecule has 2 aromatic rings. The Kier molecular flexibility index (Phi) is 3.94. The number of benzene rings is 1. The summed E-state index contributed by atoms with van der Waals surface area (Å²) >= 11 is 0. The maximum atomic E-state index is 12.2. The van der Waals surface area contributed by atoms with Gasteiger partial charge in [-0.25, -0.2) is 14.7 Å². The number of H-pyrrole nitrogens is 1. The predicted molar refractivity (Wildman–Crippen MR) is 76.8 cm³/mol. The van der Waals surface area contributed by atoms with Crippen LogP contribution in [0.15, 0.2) is 24.3 Å². The number of imidazole rings is 1. The zero-order valence-corrected chi connectivity index (χ0v) is 11.9. The third-order valence-corrected chi connectivity index (χ3v) is 2.57. The number of hydrogen-bond donors (Lipinski definition) is 2. The zero-order valence-electron chi connectivity index (χ0n) is 11.9. The lowest BCUT2D eigenvalue weighted by Crippen LogP contribution is -2.39. The van der Waals surface area contributed by atoms with Gasteiger partial charge in [-0.2, -0.15) is 0 Å². The highest BCUT2D eigenvalue weighted by atomic mass is 16.6. The van der Waals surface area contributed by atoms with Gasteiger partial charge in [-0.1, -0.05) is 12.1 Å². The summed E-state index contributed by atoms with van der Waals surface area (Å²) < 4.78 is 5.32. The van der Waals surface area contributed by atoms with E-state index in [0.717, 1.165) is 11.0 Å². The van der Waals surface area contributed by atoms with Gasteiger partial charge >= 0.3 is 6.09 Å². The van der Waals surface area contributed by atoms with Crippen LogP contribution < -0.4 is 4.90 Å². The van der Waals surface area contributed by atoms with Crippen molar-refractivity contribution in [2.45, 2.75) is 26.4 Å². The molecular weight excluding hydrogens is 258 g/mol. The molecule has 2 N–H and O–H groups in total. The van der Waals surface area contributed by atoms with Gasteiger partial charge in [-0.3, -0.25) is 0 Å². The van der Waals surface area contributed by atoms with Crippen LogP contribution in [-0.4, -0.2) is 39.9 Å². The van der Waals surface area contributed by atoms with E-state index in [1.165, 1.54) is 4.90 Å². The summed E-state index contributed by atoms with van der Waals surface area (Å²) in [5.74, 6) is 0.370. The van der Waals surface area contributed by atoms with Crippen molar-refractivity contribution in [2.75, 3.05) is 18.1 Å². The molecule has 0 saturated heterocycles. The minimum absolute atomic E-state index is 0.120. The largest absolute Gasteiger partial charge is 0.443 e. The number of aromatic amines is 1. The first kappa shape index (κ1) is 14.3. The van der Waals surface area contributed by atoms with Crippen molar-refractivity contribution in [1.29, 1.82) is 0 Å². The molecule has 108 valence electrons. The monoisotopic (exact) mass is 277 g/mol. The summed E-state index contributed by atoms with van der Waals surface area (Å²) in [6, 6.07) is 7.48. The van der Waals surface area contributed by atoms with E-state index < -0.39 is 11.7 Å². The van der Waals surface area contributed by atoms with Gasteiger partial charge in [0.25, 0.3) is 0 Å². The van der Waals surface area contributed by atoms with Gasteiger partial charge in [0.2, 0.25) is 5.95 Å². The number of aliphatic hydroxyl groups excluding tert-OH is 1. The maximum absolute atomic E-state index is 12.2. The fraction of sp³-hybridized carbons (Fsp3) is 0.429. The smallest absolute Gasteiger partial charge is 0.417 e. The fourth-order valence-electron chi connectivity index (χ4n) is 1.77. The van der Waals surface area contributed by atoms with E-state index in [9.17, 15) is 4.79 Å². The van der Waals surface area contributed by atoms with E-state index in [2.05, 4.69) is 9.97 Å². The molecule has 0 atom stereocenters. The van der Waals surface area contributed by atoms with Crippen LogP contribution in [0.2, 0.25) is 0 Å². The molecule has 0 spiro atoms. The highest BCUT2D eigenvalue weighted by Crippen LogP contribution is 2.19. The number of carbonyl (C=O) groups is 1. The number of para-hydroxylation sites is 2. The third kappa shape index (κ3) is 3.27. The average Bonchev–Trinajstić information content (AvgIpc) is 2.76. The van der Waals surface area contributed by atoms with Gasteiger partial charge in [0.05, 0.1) is 24.2 Å². The summed E-state index contributed by atoms with van der Waals surface area (Å²) in [5.41, 5.74) is 0.986. The summed E-state index contributed by atoms with van der Waals surface area (Å²) in [5, 5.41) is 9.13. The van der Waals surface area contributed by atoms with Crippen LogP contribution in [0, 0.1) is 0 Å². The SMILES string of the molecule is CC(C)(C)OC(=O)N(CCO)c1nc2ccccc2[nH]1. The van der Waals surface area contributed by atoms with Crippen LogP contribution in [0.3, 0.4) is 0 Å². The second-order valence-corrected chi connectivity index (χ2v) is 5.43. The molecule has 0 saturated carbocycles. The lowest BCUT2D eigenvalue weighted by atomic mass is 10.2. The number of nitrogens with zero attached hydrogens (tertiary/aromatic N) is 2. The Morgan fingerprint density at radius 1 is 1.40 bits per heavy atom. The minimum Gasteiger partial charge on any atom is -0.443 e. The van der Waals surface area contributed by atoms with E-state index in [-0.39, 0.29) is 13.2 Å². The van der Waals surface area contributed by atoms with E-state index in [1.807, 2.05) is 24.3 Å². The molecule has 0 aliphatic carbocycles. The molecule has 0 fully saturated rings. The van der Waals surface area contributed by atoms with Gasteiger partial charge in [0, 0.05) is 0 Å². The number of amides is 1. The first-order valence-electron chi connectivity index (χ1n) is 6.47. The quantitative estimate of drug-likeness (QED) is 0.902. The van der Waals surface area contributed by atoms with E-state index in [4.69, 9.17) is 9.84 Å². The van der Waals surface area contributed by atoms with Crippen molar-refractivity contribution in [3.05, 3.63) is 24.3 Å². The molecule has 1 amide bonds. The normalized spacial score (nSPS) is 11.6. The van der Waals surface area contributed by atoms with Gasteiger partial charge in [0.1, 0.15) is 5.60 Å². The van der Waals surface area contributed by atoms with Crippen molar-refractivity contribution < 1.29 is 14.6 Å². The molecule has 0 unspecified atom stereocenters. The maximum Gasteiger partial charge on any atom is 0.417 e. The van der Waals surface area contributed by atoms with E-state index >= 15 is 0 Å². The molecule has 0 radical (unpaired) electrons. The Morgan fingerprint density at radius 3 is 2.70 bits per heavy atom.